The van der Waals surface area contributed by atoms with E-state index in [2.05, 4.69) is 22.2 Å². The average molecular weight is 334 g/mol. The van der Waals surface area contributed by atoms with Gasteiger partial charge in [-0.25, -0.2) is 9.78 Å². The van der Waals surface area contributed by atoms with Gasteiger partial charge in [0.1, 0.15) is 10.6 Å². The van der Waals surface area contributed by atoms with E-state index in [0.717, 1.165) is 22.3 Å². The summed E-state index contributed by atoms with van der Waals surface area (Å²) in [4.78, 5) is 21.4. The van der Waals surface area contributed by atoms with Crippen molar-refractivity contribution in [2.75, 3.05) is 5.32 Å². The molecule has 3 aromatic rings. The van der Waals surface area contributed by atoms with Crippen molar-refractivity contribution in [2.45, 2.75) is 13.3 Å². The Hall–Kier alpha value is -2.18. The number of aromatic carboxylic acids is 1. The number of nitrogens with one attached hydrogen (secondary N) is 1. The van der Waals surface area contributed by atoms with E-state index in [0.29, 0.717) is 5.82 Å². The van der Waals surface area contributed by atoms with Crippen molar-refractivity contribution in [3.05, 3.63) is 46.1 Å². The second-order valence-electron chi connectivity index (χ2n) is 4.63. The minimum atomic E-state index is -0.954. The molecule has 2 N–H and O–H groups in total. The van der Waals surface area contributed by atoms with E-state index < -0.39 is 5.97 Å². The molecule has 0 aliphatic carbocycles. The van der Waals surface area contributed by atoms with Gasteiger partial charge in [0.2, 0.25) is 5.28 Å². The summed E-state index contributed by atoms with van der Waals surface area (Å²) in [7, 11) is 0. The Balaban J connectivity index is 1.98. The molecule has 0 radical (unpaired) electrons. The van der Waals surface area contributed by atoms with Crippen molar-refractivity contribution in [1.82, 2.24) is 9.97 Å². The predicted octanol–water partition coefficient (Wildman–Crippen LogP) is 4.35. The Bertz CT molecular complexity index is 846. The number of carboxylic acid groups (broad SMARTS) is 1. The van der Waals surface area contributed by atoms with Crippen molar-refractivity contribution in [2.24, 2.45) is 0 Å². The van der Waals surface area contributed by atoms with Gasteiger partial charge in [0.15, 0.2) is 0 Å². The third kappa shape index (κ3) is 2.88. The number of aromatic nitrogens is 2. The van der Waals surface area contributed by atoms with Crippen molar-refractivity contribution in [3.8, 4) is 0 Å². The molecule has 7 heteroatoms. The number of halogens is 1. The lowest BCUT2D eigenvalue weighted by Crippen LogP contribution is -1.98. The number of fused-ring (bicyclic) bond motifs is 1. The average Bonchev–Trinajstić information content (AvgIpc) is 2.91. The number of nitrogens with zero attached hydrogens (tertiary/aromatic N) is 2. The summed E-state index contributed by atoms with van der Waals surface area (Å²) in [5, 5.41) is 13.2. The molecule has 0 spiro atoms. The fourth-order valence-electron chi connectivity index (χ4n) is 2.05. The Labute approximate surface area is 135 Å². The molecule has 0 saturated carbocycles. The van der Waals surface area contributed by atoms with Gasteiger partial charge in [0.25, 0.3) is 0 Å². The van der Waals surface area contributed by atoms with Crippen LogP contribution in [0.2, 0.25) is 5.28 Å². The molecule has 22 heavy (non-hydrogen) atoms. The predicted molar refractivity (Wildman–Crippen MR) is 88.5 cm³/mol. The minimum absolute atomic E-state index is 0.182. The molecule has 112 valence electrons. The van der Waals surface area contributed by atoms with E-state index >= 15 is 0 Å². The number of carbonyl (C=O) groups is 1. The van der Waals surface area contributed by atoms with Crippen LogP contribution < -0.4 is 5.32 Å². The first-order valence-electron chi connectivity index (χ1n) is 6.63. The topological polar surface area (TPSA) is 75.1 Å². The number of hydrogen-bond acceptors (Lipinski definition) is 5. The number of anilines is 2. The van der Waals surface area contributed by atoms with Crippen LogP contribution in [0.25, 0.3) is 10.2 Å². The van der Waals surface area contributed by atoms with Gasteiger partial charge < -0.3 is 10.4 Å². The SMILES string of the molecule is CCc1cc2c(Nc3ccc(C(=O)O)cc3)nc(Cl)nc2s1. The van der Waals surface area contributed by atoms with Crippen LogP contribution in [0.1, 0.15) is 22.2 Å². The lowest BCUT2D eigenvalue weighted by Gasteiger charge is -2.07. The molecule has 0 amide bonds. The van der Waals surface area contributed by atoms with Gasteiger partial charge in [-0.2, -0.15) is 4.98 Å². The highest BCUT2D eigenvalue weighted by Gasteiger charge is 2.11. The van der Waals surface area contributed by atoms with E-state index in [1.54, 1.807) is 23.5 Å². The van der Waals surface area contributed by atoms with Gasteiger partial charge in [-0.05, 0) is 48.4 Å². The Morgan fingerprint density at radius 3 is 2.68 bits per heavy atom. The number of benzene rings is 1. The number of aryl methyl sites for hydroxylation is 1. The highest BCUT2D eigenvalue weighted by Crippen LogP contribution is 2.31. The molecule has 2 aromatic heterocycles. The highest BCUT2D eigenvalue weighted by atomic mass is 35.5. The molecular formula is C15H12ClN3O2S. The number of rotatable bonds is 4. The molecule has 0 unspecified atom stereocenters. The zero-order chi connectivity index (χ0) is 15.7. The van der Waals surface area contributed by atoms with Gasteiger partial charge in [-0.3, -0.25) is 0 Å². The van der Waals surface area contributed by atoms with Crippen LogP contribution in [-0.2, 0) is 6.42 Å². The van der Waals surface area contributed by atoms with Crippen molar-refractivity contribution in [3.63, 3.8) is 0 Å². The lowest BCUT2D eigenvalue weighted by molar-refractivity contribution is 0.0697. The van der Waals surface area contributed by atoms with Crippen LogP contribution in [-0.4, -0.2) is 21.0 Å². The summed E-state index contributed by atoms with van der Waals surface area (Å²) >= 11 is 7.57. The van der Waals surface area contributed by atoms with Crippen LogP contribution in [0.15, 0.2) is 30.3 Å². The smallest absolute Gasteiger partial charge is 0.335 e. The fraction of sp³-hybridized carbons (Fsp3) is 0.133. The first-order chi connectivity index (χ1) is 10.6. The summed E-state index contributed by atoms with van der Waals surface area (Å²) in [5.41, 5.74) is 0.977. The van der Waals surface area contributed by atoms with Crippen LogP contribution in [0, 0.1) is 0 Å². The molecule has 0 atom stereocenters. The van der Waals surface area contributed by atoms with E-state index in [-0.39, 0.29) is 10.8 Å². The third-order valence-corrected chi connectivity index (χ3v) is 4.50. The molecule has 1 aromatic carbocycles. The molecule has 0 fully saturated rings. The zero-order valence-corrected chi connectivity index (χ0v) is 13.2. The summed E-state index contributed by atoms with van der Waals surface area (Å²) < 4.78 is 0. The maximum atomic E-state index is 10.9. The molecule has 0 aliphatic heterocycles. The van der Waals surface area contributed by atoms with Crippen LogP contribution in [0.3, 0.4) is 0 Å². The van der Waals surface area contributed by atoms with E-state index in [1.807, 2.05) is 6.07 Å². The van der Waals surface area contributed by atoms with E-state index in [9.17, 15) is 4.79 Å². The van der Waals surface area contributed by atoms with Gasteiger partial charge >= 0.3 is 5.97 Å². The normalized spacial score (nSPS) is 10.8. The number of carboxylic acids is 1. The molecule has 3 rings (SSSR count). The van der Waals surface area contributed by atoms with E-state index in [4.69, 9.17) is 16.7 Å². The molecule has 0 aliphatic rings. The summed E-state index contributed by atoms with van der Waals surface area (Å²) in [6, 6.07) is 8.51. The van der Waals surface area contributed by atoms with Crippen molar-refractivity contribution >= 4 is 50.6 Å². The maximum Gasteiger partial charge on any atom is 0.335 e. The lowest BCUT2D eigenvalue weighted by atomic mass is 10.2. The number of thiophene rings is 1. The van der Waals surface area contributed by atoms with Gasteiger partial charge in [0, 0.05) is 10.6 Å². The third-order valence-electron chi connectivity index (χ3n) is 3.16. The summed E-state index contributed by atoms with van der Waals surface area (Å²) in [6.45, 7) is 2.08. The molecule has 0 bridgehead atoms. The molecule has 5 nitrogen and oxygen atoms in total. The van der Waals surface area contributed by atoms with Gasteiger partial charge in [-0.15, -0.1) is 11.3 Å². The van der Waals surface area contributed by atoms with Crippen LogP contribution in [0.5, 0.6) is 0 Å². The molecule has 2 heterocycles. The molecule has 0 saturated heterocycles. The second-order valence-corrected chi connectivity index (χ2v) is 6.09. The highest BCUT2D eigenvalue weighted by molar-refractivity contribution is 7.18. The molecular weight excluding hydrogens is 322 g/mol. The van der Waals surface area contributed by atoms with Crippen molar-refractivity contribution < 1.29 is 9.90 Å². The maximum absolute atomic E-state index is 10.9. The first-order valence-corrected chi connectivity index (χ1v) is 7.82. The van der Waals surface area contributed by atoms with Gasteiger partial charge in [0.05, 0.1) is 10.9 Å². The quantitative estimate of drug-likeness (QED) is 0.694. The van der Waals surface area contributed by atoms with Crippen molar-refractivity contribution in [1.29, 1.82) is 0 Å². The number of hydrogen-bond donors (Lipinski definition) is 2. The first kappa shape index (κ1) is 14.7. The minimum Gasteiger partial charge on any atom is -0.478 e. The van der Waals surface area contributed by atoms with E-state index in [1.165, 1.54) is 17.0 Å². The fourth-order valence-corrected chi connectivity index (χ4v) is 3.23. The Morgan fingerprint density at radius 1 is 1.32 bits per heavy atom. The van der Waals surface area contributed by atoms with Crippen LogP contribution >= 0.6 is 22.9 Å². The Kier molecular flexibility index (Phi) is 3.96. The van der Waals surface area contributed by atoms with Gasteiger partial charge in [-0.1, -0.05) is 6.92 Å². The van der Waals surface area contributed by atoms with Crippen LogP contribution in [0.4, 0.5) is 11.5 Å². The second kappa shape index (κ2) is 5.90. The standard InChI is InChI=1S/C15H12ClN3O2S/c1-2-10-7-11-12(18-15(16)19-13(11)22-10)17-9-5-3-8(4-6-9)14(20)21/h3-7H,2H2,1H3,(H,20,21)(H,17,18,19). The summed E-state index contributed by atoms with van der Waals surface area (Å²) in [5.74, 6) is -0.335. The summed E-state index contributed by atoms with van der Waals surface area (Å²) in [6.07, 6.45) is 0.922. The largest absolute Gasteiger partial charge is 0.478 e. The monoisotopic (exact) mass is 333 g/mol. The zero-order valence-electron chi connectivity index (χ0n) is 11.6. The Morgan fingerprint density at radius 2 is 2.05 bits per heavy atom.